The van der Waals surface area contributed by atoms with Gasteiger partial charge in [0.15, 0.2) is 5.78 Å². The van der Waals surface area contributed by atoms with E-state index in [9.17, 15) is 9.90 Å². The Labute approximate surface area is 211 Å². The van der Waals surface area contributed by atoms with Crippen molar-refractivity contribution < 1.29 is 19.4 Å². The molecule has 0 saturated carbocycles. The maximum atomic E-state index is 13.1. The number of aliphatic hydroxyl groups excluding tert-OH is 1. The van der Waals surface area contributed by atoms with Crippen LogP contribution >= 0.6 is 0 Å². The molecule has 0 aliphatic carbocycles. The number of aryl methyl sites for hydroxylation is 1. The van der Waals surface area contributed by atoms with Gasteiger partial charge in [-0.1, -0.05) is 6.07 Å². The largest absolute Gasteiger partial charge is 0.493 e. The fourth-order valence-corrected chi connectivity index (χ4v) is 5.10. The van der Waals surface area contributed by atoms with Crippen LogP contribution < -0.4 is 4.74 Å². The predicted octanol–water partition coefficient (Wildman–Crippen LogP) is 6.19. The summed E-state index contributed by atoms with van der Waals surface area (Å²) in [6.07, 6.45) is 1.21. The molecule has 0 radical (unpaired) electrons. The summed E-state index contributed by atoms with van der Waals surface area (Å²) in [6.45, 7) is 11.8. The second-order valence-corrected chi connectivity index (χ2v) is 10.6. The summed E-state index contributed by atoms with van der Waals surface area (Å²) < 4.78 is 12.3. The minimum atomic E-state index is -0.761. The van der Waals surface area contributed by atoms with Gasteiger partial charge in [0.25, 0.3) is 0 Å². The van der Waals surface area contributed by atoms with Gasteiger partial charge < -0.3 is 14.6 Å². The number of benzene rings is 2. The van der Waals surface area contributed by atoms with Gasteiger partial charge in [-0.25, -0.2) is 0 Å². The summed E-state index contributed by atoms with van der Waals surface area (Å²) in [6, 6.07) is 11.8. The van der Waals surface area contributed by atoms with E-state index in [1.54, 1.807) is 13.8 Å². The summed E-state index contributed by atoms with van der Waals surface area (Å²) in [5.41, 5.74) is 6.33. The van der Waals surface area contributed by atoms with E-state index in [2.05, 4.69) is 0 Å². The number of pyridine rings is 2. The molecule has 4 aromatic rings. The lowest BCUT2D eigenvalue weighted by molar-refractivity contribution is -0.138. The van der Waals surface area contributed by atoms with Gasteiger partial charge in [-0.05, 0) is 94.1 Å². The van der Waals surface area contributed by atoms with E-state index in [-0.39, 0.29) is 5.78 Å². The molecule has 0 amide bonds. The summed E-state index contributed by atoms with van der Waals surface area (Å²) in [5, 5.41) is 12.1. The molecule has 2 atom stereocenters. The lowest BCUT2D eigenvalue weighted by Gasteiger charge is -2.30. The number of rotatable bonds is 5. The van der Waals surface area contributed by atoms with Crippen molar-refractivity contribution in [1.29, 1.82) is 0 Å². The standard InChI is InChI=1S/C30H32N2O4/c1-16-15-23-20(7-9-22(32-23)17(2)33)27(25(16)29(18(3)34)36-30(4,5)6)21-8-10-24-26-19(12-14-35-24)11-13-31-28(21)26/h7-11,13,15,17,29,33H,12,14H2,1-6H3/t17?,29-/m1/s1. The van der Waals surface area contributed by atoms with Crippen molar-refractivity contribution in [3.8, 4) is 16.9 Å². The first-order valence-electron chi connectivity index (χ1n) is 12.4. The number of nitrogens with zero attached hydrogens (tertiary/aromatic N) is 2. The van der Waals surface area contributed by atoms with Gasteiger partial charge in [0.05, 0.1) is 35.0 Å². The zero-order valence-electron chi connectivity index (χ0n) is 21.7. The topological polar surface area (TPSA) is 81.5 Å². The van der Waals surface area contributed by atoms with Crippen LogP contribution in [-0.4, -0.2) is 33.1 Å². The van der Waals surface area contributed by atoms with E-state index >= 15 is 0 Å². The average Bonchev–Trinajstić information content (AvgIpc) is 2.81. The van der Waals surface area contributed by atoms with Crippen molar-refractivity contribution in [2.45, 2.75) is 65.8 Å². The van der Waals surface area contributed by atoms with Crippen LogP contribution in [0.3, 0.4) is 0 Å². The van der Waals surface area contributed by atoms with Crippen molar-refractivity contribution in [2.75, 3.05) is 6.61 Å². The number of aromatic nitrogens is 2. The molecule has 1 aliphatic heterocycles. The Bertz CT molecular complexity index is 1490. The number of carbonyl (C=O) groups excluding carboxylic acids is 1. The lowest BCUT2D eigenvalue weighted by Crippen LogP contribution is -2.27. The molecule has 0 saturated heterocycles. The van der Waals surface area contributed by atoms with E-state index in [1.165, 1.54) is 5.56 Å². The highest BCUT2D eigenvalue weighted by atomic mass is 16.5. The summed E-state index contributed by atoms with van der Waals surface area (Å²) in [4.78, 5) is 22.6. The molecule has 0 spiro atoms. The summed E-state index contributed by atoms with van der Waals surface area (Å²) in [5.74, 6) is 0.756. The molecule has 5 rings (SSSR count). The highest BCUT2D eigenvalue weighted by Crippen LogP contribution is 2.45. The van der Waals surface area contributed by atoms with Crippen molar-refractivity contribution in [1.82, 2.24) is 9.97 Å². The molecule has 1 aliphatic rings. The zero-order chi connectivity index (χ0) is 25.8. The van der Waals surface area contributed by atoms with E-state index < -0.39 is 17.8 Å². The van der Waals surface area contributed by atoms with Crippen molar-refractivity contribution in [3.63, 3.8) is 0 Å². The Morgan fingerprint density at radius 3 is 2.64 bits per heavy atom. The minimum absolute atomic E-state index is 0.0683. The molecule has 3 heterocycles. The molecule has 36 heavy (non-hydrogen) atoms. The molecular formula is C30H32N2O4. The van der Waals surface area contributed by atoms with Crippen molar-refractivity contribution >= 4 is 27.6 Å². The Kier molecular flexibility index (Phi) is 6.05. The van der Waals surface area contributed by atoms with Crippen LogP contribution in [0.4, 0.5) is 0 Å². The number of aliphatic hydroxyl groups is 1. The zero-order valence-corrected chi connectivity index (χ0v) is 21.7. The highest BCUT2D eigenvalue weighted by Gasteiger charge is 2.31. The third-order valence-corrected chi connectivity index (χ3v) is 6.63. The van der Waals surface area contributed by atoms with Gasteiger partial charge in [0.1, 0.15) is 11.9 Å². The molecular weight excluding hydrogens is 452 g/mol. The Morgan fingerprint density at radius 2 is 1.94 bits per heavy atom. The van der Waals surface area contributed by atoms with E-state index in [1.807, 2.05) is 70.3 Å². The fourth-order valence-electron chi connectivity index (χ4n) is 5.10. The van der Waals surface area contributed by atoms with Gasteiger partial charge in [-0.3, -0.25) is 14.8 Å². The second-order valence-electron chi connectivity index (χ2n) is 10.6. The van der Waals surface area contributed by atoms with Crippen LogP contribution in [-0.2, 0) is 16.0 Å². The van der Waals surface area contributed by atoms with Gasteiger partial charge >= 0.3 is 0 Å². The Morgan fingerprint density at radius 1 is 1.17 bits per heavy atom. The molecule has 2 aromatic heterocycles. The fraction of sp³-hybridized carbons (Fsp3) is 0.367. The number of carbonyl (C=O) groups is 1. The maximum Gasteiger partial charge on any atom is 0.163 e. The van der Waals surface area contributed by atoms with Crippen molar-refractivity contribution in [2.24, 2.45) is 0 Å². The van der Waals surface area contributed by atoms with Crippen LogP contribution in [0.1, 0.15) is 69.2 Å². The third kappa shape index (κ3) is 4.25. The molecule has 2 aromatic carbocycles. The van der Waals surface area contributed by atoms with Crippen LogP contribution in [0.5, 0.6) is 5.75 Å². The minimum Gasteiger partial charge on any atom is -0.493 e. The highest BCUT2D eigenvalue weighted by molar-refractivity contribution is 6.08. The van der Waals surface area contributed by atoms with Crippen LogP contribution in [0.2, 0.25) is 0 Å². The molecule has 0 bridgehead atoms. The summed E-state index contributed by atoms with van der Waals surface area (Å²) in [7, 11) is 0. The predicted molar refractivity (Wildman–Crippen MR) is 141 cm³/mol. The van der Waals surface area contributed by atoms with Crippen molar-refractivity contribution in [3.05, 3.63) is 65.0 Å². The number of hydrogen-bond donors (Lipinski definition) is 1. The van der Waals surface area contributed by atoms with E-state index in [4.69, 9.17) is 19.4 Å². The summed E-state index contributed by atoms with van der Waals surface area (Å²) >= 11 is 0. The molecule has 6 heteroatoms. The average molecular weight is 485 g/mol. The second kappa shape index (κ2) is 8.95. The van der Waals surface area contributed by atoms with Gasteiger partial charge in [0, 0.05) is 29.0 Å². The molecule has 1 unspecified atom stereocenters. The molecule has 1 N–H and O–H groups in total. The van der Waals surface area contributed by atoms with Gasteiger partial charge in [0.2, 0.25) is 0 Å². The smallest absolute Gasteiger partial charge is 0.163 e. The van der Waals surface area contributed by atoms with E-state index in [0.29, 0.717) is 12.3 Å². The molecule has 6 nitrogen and oxygen atoms in total. The number of fused-ring (bicyclic) bond motifs is 1. The first-order valence-corrected chi connectivity index (χ1v) is 12.4. The lowest BCUT2D eigenvalue weighted by atomic mass is 9.85. The monoisotopic (exact) mass is 484 g/mol. The number of hydrogen-bond acceptors (Lipinski definition) is 6. The van der Waals surface area contributed by atoms with Gasteiger partial charge in [-0.2, -0.15) is 0 Å². The maximum absolute atomic E-state index is 13.1. The Balaban J connectivity index is 1.91. The first-order chi connectivity index (χ1) is 17.0. The molecule has 0 fully saturated rings. The van der Waals surface area contributed by atoms with Crippen LogP contribution in [0.25, 0.3) is 32.9 Å². The SMILES string of the molecule is CC(=O)[C@@H](OC(C)(C)C)c1c(C)cc2nc(C(C)O)ccc2c1-c1ccc2c3c(ccnc13)CCO2. The van der Waals surface area contributed by atoms with Crippen LogP contribution in [0.15, 0.2) is 42.6 Å². The first kappa shape index (κ1) is 24.3. The number of Topliss-reactive ketones (excluding diaryl/α,β-unsaturated/α-hetero) is 1. The third-order valence-electron chi connectivity index (χ3n) is 6.63. The van der Waals surface area contributed by atoms with E-state index in [0.717, 1.165) is 56.2 Å². The van der Waals surface area contributed by atoms with Gasteiger partial charge in [-0.15, -0.1) is 0 Å². The molecule has 186 valence electrons. The Hall–Kier alpha value is -3.35. The number of ketones is 1. The normalized spacial score (nSPS) is 15.1. The van der Waals surface area contributed by atoms with Crippen LogP contribution in [0, 0.1) is 6.92 Å². The quantitative estimate of drug-likeness (QED) is 0.364. The number of ether oxygens (including phenoxy) is 2.